The van der Waals surface area contributed by atoms with Gasteiger partial charge in [-0.05, 0) is 41.3 Å². The summed E-state index contributed by atoms with van der Waals surface area (Å²) in [5, 5.41) is 2.76. The molecule has 0 aliphatic heterocycles. The number of hydrogen-bond acceptors (Lipinski definition) is 3. The second kappa shape index (κ2) is 8.42. The van der Waals surface area contributed by atoms with E-state index < -0.39 is 21.9 Å². The Kier molecular flexibility index (Phi) is 6.50. The maximum atomic E-state index is 13.1. The van der Waals surface area contributed by atoms with Crippen LogP contribution in [0.1, 0.15) is 43.4 Å². The van der Waals surface area contributed by atoms with Crippen molar-refractivity contribution < 1.29 is 17.6 Å². The molecule has 0 saturated heterocycles. The normalized spacial score (nSPS) is 12.8. The van der Waals surface area contributed by atoms with Crippen LogP contribution in [0.2, 0.25) is 0 Å². The standard InChI is InChI=1S/C19H23FN2O3S/c1-13(2)14-6-10-17(11-7-14)21-19(23)12-18(22-26(3,24)25)15-4-8-16(20)9-5-15/h4-11,13,18,22H,12H2,1-3H3,(H,21,23)/t18-/m1/s1. The van der Waals surface area contributed by atoms with Crippen LogP contribution in [0.15, 0.2) is 48.5 Å². The highest BCUT2D eigenvalue weighted by Crippen LogP contribution is 2.21. The van der Waals surface area contributed by atoms with Crippen LogP contribution < -0.4 is 10.0 Å². The lowest BCUT2D eigenvalue weighted by atomic mass is 10.0. The number of nitrogens with one attached hydrogen (secondary N) is 2. The van der Waals surface area contributed by atoms with Crippen molar-refractivity contribution in [3.8, 4) is 0 Å². The molecule has 0 spiro atoms. The van der Waals surface area contributed by atoms with Crippen LogP contribution >= 0.6 is 0 Å². The van der Waals surface area contributed by atoms with E-state index in [4.69, 9.17) is 0 Å². The lowest BCUT2D eigenvalue weighted by molar-refractivity contribution is -0.116. The fourth-order valence-corrected chi connectivity index (χ4v) is 3.27. The van der Waals surface area contributed by atoms with E-state index >= 15 is 0 Å². The average molecular weight is 378 g/mol. The SMILES string of the molecule is CC(C)c1ccc(NC(=O)C[C@@H](NS(C)(=O)=O)c2ccc(F)cc2)cc1. The number of halogens is 1. The van der Waals surface area contributed by atoms with Crippen LogP contribution in [0.3, 0.4) is 0 Å². The molecular weight excluding hydrogens is 355 g/mol. The van der Waals surface area contributed by atoms with Gasteiger partial charge in [0.2, 0.25) is 15.9 Å². The highest BCUT2D eigenvalue weighted by Gasteiger charge is 2.20. The zero-order valence-corrected chi connectivity index (χ0v) is 15.8. The maximum absolute atomic E-state index is 13.1. The first-order chi connectivity index (χ1) is 12.1. The highest BCUT2D eigenvalue weighted by atomic mass is 32.2. The van der Waals surface area contributed by atoms with Crippen LogP contribution in [0, 0.1) is 5.82 Å². The third-order valence-electron chi connectivity index (χ3n) is 3.88. The van der Waals surface area contributed by atoms with Gasteiger partial charge >= 0.3 is 0 Å². The maximum Gasteiger partial charge on any atom is 0.226 e. The molecule has 0 saturated carbocycles. The minimum Gasteiger partial charge on any atom is -0.326 e. The van der Waals surface area contributed by atoms with Crippen molar-refractivity contribution in [3.05, 3.63) is 65.5 Å². The Balaban J connectivity index is 2.11. The van der Waals surface area contributed by atoms with E-state index in [9.17, 15) is 17.6 Å². The molecule has 1 amide bonds. The van der Waals surface area contributed by atoms with E-state index in [-0.39, 0.29) is 12.3 Å². The average Bonchev–Trinajstić information content (AvgIpc) is 2.54. The molecule has 7 heteroatoms. The number of amides is 1. The summed E-state index contributed by atoms with van der Waals surface area (Å²) in [7, 11) is -3.54. The van der Waals surface area contributed by atoms with Crippen LogP contribution in [0.4, 0.5) is 10.1 Å². The second-order valence-electron chi connectivity index (χ2n) is 6.52. The number of carbonyl (C=O) groups is 1. The Morgan fingerprint density at radius 1 is 1.00 bits per heavy atom. The molecular formula is C19H23FN2O3S. The Hall–Kier alpha value is -2.25. The lowest BCUT2D eigenvalue weighted by Crippen LogP contribution is -2.30. The van der Waals surface area contributed by atoms with Crippen LogP contribution in [-0.2, 0) is 14.8 Å². The Morgan fingerprint density at radius 2 is 1.54 bits per heavy atom. The summed E-state index contributed by atoms with van der Waals surface area (Å²) in [4.78, 5) is 12.3. The Morgan fingerprint density at radius 3 is 2.04 bits per heavy atom. The van der Waals surface area contributed by atoms with Gasteiger partial charge in [0, 0.05) is 12.1 Å². The van der Waals surface area contributed by atoms with Gasteiger partial charge in [0.05, 0.1) is 12.3 Å². The van der Waals surface area contributed by atoms with Gasteiger partial charge in [-0.15, -0.1) is 0 Å². The summed E-state index contributed by atoms with van der Waals surface area (Å²) in [6.45, 7) is 4.16. The van der Waals surface area contributed by atoms with Gasteiger partial charge in [0.15, 0.2) is 0 Å². The largest absolute Gasteiger partial charge is 0.326 e. The van der Waals surface area contributed by atoms with Crippen molar-refractivity contribution in [2.24, 2.45) is 0 Å². The molecule has 2 rings (SSSR count). The number of rotatable bonds is 7. The van der Waals surface area contributed by atoms with Crippen molar-refractivity contribution in [3.63, 3.8) is 0 Å². The fraction of sp³-hybridized carbons (Fsp3) is 0.316. The number of hydrogen-bond donors (Lipinski definition) is 2. The van der Waals surface area contributed by atoms with Gasteiger partial charge in [-0.2, -0.15) is 0 Å². The number of carbonyl (C=O) groups excluding carboxylic acids is 1. The first-order valence-electron chi connectivity index (χ1n) is 8.26. The molecule has 0 unspecified atom stereocenters. The van der Waals surface area contributed by atoms with Crippen molar-refractivity contribution >= 4 is 21.6 Å². The van der Waals surface area contributed by atoms with Gasteiger partial charge in [-0.3, -0.25) is 4.79 Å². The molecule has 0 aromatic heterocycles. The quantitative estimate of drug-likeness (QED) is 0.773. The van der Waals surface area contributed by atoms with E-state index in [2.05, 4.69) is 23.9 Å². The molecule has 0 bridgehead atoms. The molecule has 0 aliphatic rings. The molecule has 5 nitrogen and oxygen atoms in total. The van der Waals surface area contributed by atoms with Gasteiger partial charge in [0.25, 0.3) is 0 Å². The fourth-order valence-electron chi connectivity index (χ4n) is 2.53. The van der Waals surface area contributed by atoms with Crippen molar-refractivity contribution in [1.82, 2.24) is 4.72 Å². The molecule has 2 aromatic carbocycles. The zero-order chi connectivity index (χ0) is 19.3. The van der Waals surface area contributed by atoms with Crippen LogP contribution in [-0.4, -0.2) is 20.6 Å². The molecule has 26 heavy (non-hydrogen) atoms. The topological polar surface area (TPSA) is 75.3 Å². The second-order valence-corrected chi connectivity index (χ2v) is 8.30. The molecule has 0 fully saturated rings. The predicted octanol–water partition coefficient (Wildman–Crippen LogP) is 3.57. The Bertz CT molecular complexity index is 847. The van der Waals surface area contributed by atoms with E-state index in [1.54, 1.807) is 0 Å². The lowest BCUT2D eigenvalue weighted by Gasteiger charge is -2.18. The first-order valence-corrected chi connectivity index (χ1v) is 10.2. The van der Waals surface area contributed by atoms with E-state index in [0.29, 0.717) is 17.2 Å². The summed E-state index contributed by atoms with van der Waals surface area (Å²) in [6, 6.07) is 12.1. The molecule has 2 N–H and O–H groups in total. The predicted molar refractivity (Wildman–Crippen MR) is 101 cm³/mol. The number of anilines is 1. The summed E-state index contributed by atoms with van der Waals surface area (Å²) in [6.07, 6.45) is 0.913. The molecule has 0 radical (unpaired) electrons. The van der Waals surface area contributed by atoms with E-state index in [1.165, 1.54) is 24.3 Å². The number of benzene rings is 2. The van der Waals surface area contributed by atoms with E-state index in [1.807, 2.05) is 24.3 Å². The van der Waals surface area contributed by atoms with Crippen molar-refractivity contribution in [2.75, 3.05) is 11.6 Å². The molecule has 0 aliphatic carbocycles. The van der Waals surface area contributed by atoms with Gasteiger partial charge in [-0.25, -0.2) is 17.5 Å². The third-order valence-corrected chi connectivity index (χ3v) is 4.59. The summed E-state index contributed by atoms with van der Waals surface area (Å²) < 4.78 is 38.7. The van der Waals surface area contributed by atoms with Crippen LogP contribution in [0.5, 0.6) is 0 Å². The summed E-state index contributed by atoms with van der Waals surface area (Å²) in [5.74, 6) is -0.379. The number of sulfonamides is 1. The minimum absolute atomic E-state index is 0.107. The van der Waals surface area contributed by atoms with Crippen LogP contribution in [0.25, 0.3) is 0 Å². The van der Waals surface area contributed by atoms with Crippen molar-refractivity contribution in [1.29, 1.82) is 0 Å². The molecule has 140 valence electrons. The zero-order valence-electron chi connectivity index (χ0n) is 15.0. The summed E-state index contributed by atoms with van der Waals surface area (Å²) >= 11 is 0. The van der Waals surface area contributed by atoms with Gasteiger partial charge < -0.3 is 5.32 Å². The molecule has 1 atom stereocenters. The van der Waals surface area contributed by atoms with Gasteiger partial charge in [-0.1, -0.05) is 38.1 Å². The summed E-state index contributed by atoms with van der Waals surface area (Å²) in [5.41, 5.74) is 2.31. The first kappa shape index (κ1) is 20.1. The smallest absolute Gasteiger partial charge is 0.226 e. The van der Waals surface area contributed by atoms with Crippen molar-refractivity contribution in [2.45, 2.75) is 32.2 Å². The molecule has 0 heterocycles. The third kappa shape index (κ3) is 6.24. The Labute approximate surface area is 153 Å². The van der Waals surface area contributed by atoms with E-state index in [0.717, 1.165) is 11.8 Å². The highest BCUT2D eigenvalue weighted by molar-refractivity contribution is 7.88. The van der Waals surface area contributed by atoms with Gasteiger partial charge in [0.1, 0.15) is 5.82 Å². The molecule has 2 aromatic rings. The minimum atomic E-state index is -3.54. The monoisotopic (exact) mass is 378 g/mol.